The van der Waals surface area contributed by atoms with E-state index in [1.54, 1.807) is 11.0 Å². The van der Waals surface area contributed by atoms with E-state index in [4.69, 9.17) is 0 Å². The van der Waals surface area contributed by atoms with Gasteiger partial charge in [-0.05, 0) is 18.1 Å². The number of amides is 1. The van der Waals surface area contributed by atoms with E-state index < -0.39 is 11.5 Å². The van der Waals surface area contributed by atoms with Crippen molar-refractivity contribution in [3.05, 3.63) is 84.4 Å². The maximum atomic E-state index is 12.7. The molecular formula is C20H21NO2. The van der Waals surface area contributed by atoms with Gasteiger partial charge in [-0.15, -0.1) is 6.58 Å². The van der Waals surface area contributed by atoms with Gasteiger partial charge >= 0.3 is 0 Å². The fourth-order valence-corrected chi connectivity index (χ4v) is 3.28. The molecule has 2 aromatic rings. The number of carbonyl (C=O) groups is 1. The van der Waals surface area contributed by atoms with E-state index in [0.717, 1.165) is 11.1 Å². The summed E-state index contributed by atoms with van der Waals surface area (Å²) in [5.74, 6) is -0.627. The van der Waals surface area contributed by atoms with Crippen LogP contribution in [0.15, 0.2) is 73.3 Å². The van der Waals surface area contributed by atoms with Gasteiger partial charge in [0.25, 0.3) is 5.91 Å². The Morgan fingerprint density at radius 1 is 1.09 bits per heavy atom. The van der Waals surface area contributed by atoms with Crippen molar-refractivity contribution in [2.24, 2.45) is 0 Å². The third kappa shape index (κ3) is 2.57. The van der Waals surface area contributed by atoms with Crippen LogP contribution < -0.4 is 0 Å². The lowest BCUT2D eigenvalue weighted by atomic mass is 9.75. The predicted octanol–water partition coefficient (Wildman–Crippen LogP) is 3.29. The molecule has 1 amide bonds. The number of β-amino-alcohol motifs (C(OH)–C–C–N with tert-alkyl or cyclic N) is 1. The van der Waals surface area contributed by atoms with Gasteiger partial charge in [0, 0.05) is 5.92 Å². The van der Waals surface area contributed by atoms with E-state index in [9.17, 15) is 9.90 Å². The van der Waals surface area contributed by atoms with Crippen LogP contribution in [0.25, 0.3) is 0 Å². The third-order valence-corrected chi connectivity index (χ3v) is 4.70. The zero-order valence-corrected chi connectivity index (χ0v) is 13.2. The van der Waals surface area contributed by atoms with E-state index in [2.05, 4.69) is 6.58 Å². The summed E-state index contributed by atoms with van der Waals surface area (Å²) in [7, 11) is 0. The molecule has 0 bridgehead atoms. The molecule has 1 N–H and O–H groups in total. The first-order valence-corrected chi connectivity index (χ1v) is 7.84. The maximum Gasteiger partial charge on any atom is 0.257 e. The second-order valence-corrected chi connectivity index (χ2v) is 6.07. The van der Waals surface area contributed by atoms with Gasteiger partial charge in [0.2, 0.25) is 0 Å². The van der Waals surface area contributed by atoms with Crippen molar-refractivity contribution < 1.29 is 9.90 Å². The largest absolute Gasteiger partial charge is 0.377 e. The highest BCUT2D eigenvalue weighted by atomic mass is 16.3. The molecule has 0 aromatic heterocycles. The molecule has 0 radical (unpaired) electrons. The Balaban J connectivity index is 1.81. The van der Waals surface area contributed by atoms with Gasteiger partial charge in [-0.2, -0.15) is 0 Å². The van der Waals surface area contributed by atoms with Crippen molar-refractivity contribution >= 4 is 5.91 Å². The highest BCUT2D eigenvalue weighted by molar-refractivity contribution is 5.93. The van der Waals surface area contributed by atoms with Crippen LogP contribution in [0.2, 0.25) is 0 Å². The summed E-state index contributed by atoms with van der Waals surface area (Å²) in [6, 6.07) is 19.4. The highest BCUT2D eigenvalue weighted by Gasteiger charge is 2.56. The summed E-state index contributed by atoms with van der Waals surface area (Å²) in [4.78, 5) is 14.4. The van der Waals surface area contributed by atoms with E-state index in [1.807, 2.05) is 67.6 Å². The van der Waals surface area contributed by atoms with Crippen LogP contribution >= 0.6 is 0 Å². The summed E-state index contributed by atoms with van der Waals surface area (Å²) in [5.41, 5.74) is 0.578. The first-order chi connectivity index (χ1) is 11.1. The number of β-lactam (4-membered cyclic amide) rings is 1. The SMILES string of the molecule is C=C[C@@H](c1ccccc1)[C@]1(O)CN([C@@H](C)c2ccccc2)C1=O. The quantitative estimate of drug-likeness (QED) is 0.680. The van der Waals surface area contributed by atoms with Gasteiger partial charge in [-0.25, -0.2) is 0 Å². The lowest BCUT2D eigenvalue weighted by Gasteiger charge is -2.51. The standard InChI is InChI=1S/C20H21NO2/c1-3-18(17-12-8-5-9-13-17)20(23)14-21(19(20)22)15(2)16-10-6-4-7-11-16/h3-13,15,18,23H,1,14H2,2H3/t15-,18-,20+/m0/s1. The van der Waals surface area contributed by atoms with Gasteiger partial charge in [-0.3, -0.25) is 4.79 Å². The fraction of sp³-hybridized carbons (Fsp3) is 0.250. The van der Waals surface area contributed by atoms with Crippen molar-refractivity contribution in [1.29, 1.82) is 0 Å². The first-order valence-electron chi connectivity index (χ1n) is 7.84. The van der Waals surface area contributed by atoms with Crippen molar-refractivity contribution in [3.8, 4) is 0 Å². The summed E-state index contributed by atoms with van der Waals surface area (Å²) in [6.45, 7) is 6.11. The van der Waals surface area contributed by atoms with Crippen LogP contribution in [0.1, 0.15) is 30.0 Å². The van der Waals surface area contributed by atoms with Crippen LogP contribution in [0.3, 0.4) is 0 Å². The molecule has 1 fully saturated rings. The molecular weight excluding hydrogens is 286 g/mol. The predicted molar refractivity (Wildman–Crippen MR) is 90.9 cm³/mol. The molecule has 1 saturated heterocycles. The van der Waals surface area contributed by atoms with E-state index in [0.29, 0.717) is 6.54 Å². The molecule has 2 aromatic carbocycles. The smallest absolute Gasteiger partial charge is 0.257 e. The lowest BCUT2D eigenvalue weighted by Crippen LogP contribution is -2.69. The molecule has 0 saturated carbocycles. The number of likely N-dealkylation sites (tertiary alicyclic amines) is 1. The molecule has 3 nitrogen and oxygen atoms in total. The van der Waals surface area contributed by atoms with Crippen molar-refractivity contribution in [3.63, 3.8) is 0 Å². The van der Waals surface area contributed by atoms with Crippen molar-refractivity contribution in [1.82, 2.24) is 4.90 Å². The molecule has 23 heavy (non-hydrogen) atoms. The van der Waals surface area contributed by atoms with Gasteiger partial charge in [0.15, 0.2) is 5.60 Å². The number of carbonyl (C=O) groups excluding carboxylic acids is 1. The molecule has 3 atom stereocenters. The number of nitrogens with zero attached hydrogens (tertiary/aromatic N) is 1. The molecule has 0 unspecified atom stereocenters. The molecule has 1 aliphatic rings. The van der Waals surface area contributed by atoms with Gasteiger partial charge in [0.05, 0.1) is 12.6 Å². The number of hydrogen-bond donors (Lipinski definition) is 1. The number of hydrogen-bond acceptors (Lipinski definition) is 2. The molecule has 118 valence electrons. The third-order valence-electron chi connectivity index (χ3n) is 4.70. The number of rotatable bonds is 5. The van der Waals surface area contributed by atoms with E-state index in [1.165, 1.54) is 0 Å². The normalized spacial score (nSPS) is 23.0. The Morgan fingerprint density at radius 3 is 2.09 bits per heavy atom. The second kappa shape index (κ2) is 6.01. The molecule has 0 spiro atoms. The first kappa shape index (κ1) is 15.5. The van der Waals surface area contributed by atoms with Crippen molar-refractivity contribution in [2.75, 3.05) is 6.54 Å². The Bertz CT molecular complexity index is 698. The zero-order chi connectivity index (χ0) is 16.4. The lowest BCUT2D eigenvalue weighted by molar-refractivity contribution is -0.182. The summed E-state index contributed by atoms with van der Waals surface area (Å²) < 4.78 is 0. The Hall–Kier alpha value is -2.39. The summed E-state index contributed by atoms with van der Waals surface area (Å²) in [6.07, 6.45) is 1.66. The molecule has 3 rings (SSSR count). The van der Waals surface area contributed by atoms with Crippen LogP contribution in [0, 0.1) is 0 Å². The van der Waals surface area contributed by atoms with Crippen LogP contribution in [0.5, 0.6) is 0 Å². The molecule has 1 aliphatic heterocycles. The van der Waals surface area contributed by atoms with E-state index >= 15 is 0 Å². The topological polar surface area (TPSA) is 40.5 Å². The highest BCUT2D eigenvalue weighted by Crippen LogP contribution is 2.41. The van der Waals surface area contributed by atoms with Crippen LogP contribution in [0.4, 0.5) is 0 Å². The molecule has 3 heteroatoms. The summed E-state index contributed by atoms with van der Waals surface area (Å²) in [5, 5.41) is 10.9. The van der Waals surface area contributed by atoms with Crippen molar-refractivity contribution in [2.45, 2.75) is 24.5 Å². The number of benzene rings is 2. The second-order valence-electron chi connectivity index (χ2n) is 6.07. The fourth-order valence-electron chi connectivity index (χ4n) is 3.28. The Kier molecular flexibility index (Phi) is 4.05. The average Bonchev–Trinajstić information content (AvgIpc) is 2.61. The summed E-state index contributed by atoms with van der Waals surface area (Å²) >= 11 is 0. The number of aliphatic hydroxyl groups is 1. The Morgan fingerprint density at radius 2 is 1.61 bits per heavy atom. The zero-order valence-electron chi connectivity index (χ0n) is 13.2. The average molecular weight is 307 g/mol. The van der Waals surface area contributed by atoms with Gasteiger partial charge < -0.3 is 10.0 Å². The van der Waals surface area contributed by atoms with Crippen LogP contribution in [-0.4, -0.2) is 28.1 Å². The minimum atomic E-state index is -1.40. The molecule has 0 aliphatic carbocycles. The van der Waals surface area contributed by atoms with E-state index in [-0.39, 0.29) is 11.9 Å². The Labute approximate surface area is 136 Å². The van der Waals surface area contributed by atoms with Gasteiger partial charge in [0.1, 0.15) is 0 Å². The minimum absolute atomic E-state index is 0.0507. The van der Waals surface area contributed by atoms with Gasteiger partial charge in [-0.1, -0.05) is 66.7 Å². The molecule has 1 heterocycles. The minimum Gasteiger partial charge on any atom is -0.377 e. The van der Waals surface area contributed by atoms with Crippen LogP contribution in [-0.2, 0) is 4.79 Å². The monoisotopic (exact) mass is 307 g/mol. The maximum absolute atomic E-state index is 12.7.